The Kier molecular flexibility index (Phi) is 13.1. The molecule has 21 rings (SSSR count). The molecule has 1 aromatic heterocycles. The Hall–Kier alpha value is -12.4. The molecule has 1 nitrogen and oxygen atoms in total. The van der Waals surface area contributed by atoms with Gasteiger partial charge in [0, 0.05) is 21.6 Å². The van der Waals surface area contributed by atoms with E-state index in [1.54, 1.807) is 0 Å². The van der Waals surface area contributed by atoms with Gasteiger partial charge in [0.15, 0.2) is 0 Å². The Bertz CT molecular complexity index is 6560. The van der Waals surface area contributed by atoms with E-state index in [1.807, 2.05) is 0 Å². The van der Waals surface area contributed by atoms with Crippen LogP contribution >= 0.6 is 0 Å². The molecule has 1 heterocycles. The third-order valence-electron chi connectivity index (χ3n) is 22.6. The molecule has 2 aliphatic carbocycles. The summed E-state index contributed by atoms with van der Waals surface area (Å²) in [6.07, 6.45) is 0. The number of hydrogen-bond acceptors (Lipinski definition) is 1. The Morgan fingerprint density at radius 2 is 0.505 bits per heavy atom. The summed E-state index contributed by atoms with van der Waals surface area (Å²) in [5.41, 5.74) is 27.8. The van der Waals surface area contributed by atoms with Crippen LogP contribution in [0.1, 0.15) is 49.9 Å². The zero-order chi connectivity index (χ0) is 67.2. The fraction of sp³-hybridized carbons (Fsp3) is 0.0600. The van der Waals surface area contributed by atoms with Crippen molar-refractivity contribution in [3.63, 3.8) is 0 Å². The lowest BCUT2D eigenvalue weighted by molar-refractivity contribution is 0.668. The Morgan fingerprint density at radius 3 is 1.00 bits per heavy atom. The highest BCUT2D eigenvalue weighted by molar-refractivity contribution is 6.25. The summed E-state index contributed by atoms with van der Waals surface area (Å²) in [6, 6.07) is 125. The Balaban J connectivity index is 0.000000139. The highest BCUT2D eigenvalue weighted by atomic mass is 16.3. The second kappa shape index (κ2) is 22.6. The number of rotatable bonds is 6. The van der Waals surface area contributed by atoms with Crippen LogP contribution in [0.5, 0.6) is 0 Å². The van der Waals surface area contributed by atoms with Crippen LogP contribution in [0, 0.1) is 0 Å². The first-order valence-electron chi connectivity index (χ1n) is 35.5. The summed E-state index contributed by atoms with van der Waals surface area (Å²) in [6.45, 7) is 9.61. The quantitative estimate of drug-likeness (QED) is 0.151. The highest BCUT2D eigenvalue weighted by Gasteiger charge is 2.40. The SMILES string of the molecule is CC1(C)c2c(-c3ccc(-c4c5ccccc5c(-c5ccc6oc7ccc8ccccc8c7c6c5)c5ccccc45)cc3)cccc2-c2ccc3ccccc3c21.CC1(C)c2c(-c3cccc(-c4c5ccccc5c(-c5ccccc5)c5ccccc45)c3)cccc2-c2ccc3ccccc3c21. The molecule has 0 spiro atoms. The average molecular weight is 1290 g/mol. The van der Waals surface area contributed by atoms with Crippen molar-refractivity contribution in [3.8, 4) is 89.0 Å². The first-order chi connectivity index (χ1) is 49.7. The summed E-state index contributed by atoms with van der Waals surface area (Å²) < 4.78 is 6.41. The second-order valence-electron chi connectivity index (χ2n) is 28.8. The minimum atomic E-state index is -0.137. The minimum absolute atomic E-state index is 0.130. The number of furan rings is 1. The van der Waals surface area contributed by atoms with E-state index in [0.29, 0.717) is 0 Å². The van der Waals surface area contributed by atoms with Crippen molar-refractivity contribution in [3.05, 3.63) is 362 Å². The van der Waals surface area contributed by atoms with Gasteiger partial charge >= 0.3 is 0 Å². The zero-order valence-corrected chi connectivity index (χ0v) is 56.7. The van der Waals surface area contributed by atoms with Crippen LogP contribution in [-0.2, 0) is 10.8 Å². The molecule has 19 aromatic rings. The Morgan fingerprint density at radius 1 is 0.188 bits per heavy atom. The maximum Gasteiger partial charge on any atom is 0.136 e. The van der Waals surface area contributed by atoms with E-state index in [2.05, 4.69) is 367 Å². The van der Waals surface area contributed by atoms with Crippen LogP contribution < -0.4 is 0 Å². The third kappa shape index (κ3) is 8.89. The molecule has 0 aliphatic heterocycles. The van der Waals surface area contributed by atoms with Gasteiger partial charge in [0.1, 0.15) is 11.2 Å². The van der Waals surface area contributed by atoms with Gasteiger partial charge in [-0.2, -0.15) is 0 Å². The highest BCUT2D eigenvalue weighted by Crippen LogP contribution is 2.57. The Labute approximate surface area is 587 Å². The largest absolute Gasteiger partial charge is 0.456 e. The van der Waals surface area contributed by atoms with Gasteiger partial charge in [-0.1, -0.05) is 343 Å². The molecule has 474 valence electrons. The number of fused-ring (bicyclic) bond motifs is 19. The third-order valence-corrected chi connectivity index (χ3v) is 22.6. The maximum absolute atomic E-state index is 6.41. The van der Waals surface area contributed by atoms with E-state index in [1.165, 1.54) is 192 Å². The first-order valence-corrected chi connectivity index (χ1v) is 35.5. The van der Waals surface area contributed by atoms with Gasteiger partial charge in [-0.05, 0) is 211 Å². The van der Waals surface area contributed by atoms with Crippen molar-refractivity contribution in [1.82, 2.24) is 0 Å². The van der Waals surface area contributed by atoms with E-state index in [9.17, 15) is 0 Å². The summed E-state index contributed by atoms with van der Waals surface area (Å²) in [7, 11) is 0. The topological polar surface area (TPSA) is 13.1 Å². The van der Waals surface area contributed by atoms with Crippen molar-refractivity contribution < 1.29 is 4.42 Å². The molecule has 101 heavy (non-hydrogen) atoms. The lowest BCUT2D eigenvalue weighted by atomic mass is 9.77. The monoisotopic (exact) mass is 1280 g/mol. The van der Waals surface area contributed by atoms with Crippen molar-refractivity contribution in [2.45, 2.75) is 38.5 Å². The summed E-state index contributed by atoms with van der Waals surface area (Å²) >= 11 is 0. The molecule has 0 radical (unpaired) electrons. The van der Waals surface area contributed by atoms with Crippen molar-refractivity contribution in [2.24, 2.45) is 0 Å². The molecule has 0 amide bonds. The van der Waals surface area contributed by atoms with Gasteiger partial charge in [0.05, 0.1) is 0 Å². The number of benzene rings is 18. The molecule has 0 unspecified atom stereocenters. The van der Waals surface area contributed by atoms with E-state index in [0.717, 1.165) is 16.6 Å². The van der Waals surface area contributed by atoms with Crippen molar-refractivity contribution in [1.29, 1.82) is 0 Å². The van der Waals surface area contributed by atoms with Crippen LogP contribution in [-0.4, -0.2) is 0 Å². The van der Waals surface area contributed by atoms with E-state index < -0.39 is 0 Å². The fourth-order valence-electron chi connectivity index (χ4n) is 18.4. The lowest BCUT2D eigenvalue weighted by Gasteiger charge is -2.26. The molecule has 0 fully saturated rings. The van der Waals surface area contributed by atoms with Gasteiger partial charge in [0.25, 0.3) is 0 Å². The van der Waals surface area contributed by atoms with Gasteiger partial charge in [-0.15, -0.1) is 0 Å². The summed E-state index contributed by atoms with van der Waals surface area (Å²) in [5, 5.41) is 20.2. The van der Waals surface area contributed by atoms with Crippen LogP contribution in [0.2, 0.25) is 0 Å². The molecule has 0 saturated heterocycles. The van der Waals surface area contributed by atoms with Gasteiger partial charge in [0.2, 0.25) is 0 Å². The predicted molar refractivity (Wildman–Crippen MR) is 430 cm³/mol. The zero-order valence-electron chi connectivity index (χ0n) is 56.7. The second-order valence-corrected chi connectivity index (χ2v) is 28.8. The van der Waals surface area contributed by atoms with E-state index in [4.69, 9.17) is 4.42 Å². The van der Waals surface area contributed by atoms with Gasteiger partial charge in [-0.25, -0.2) is 0 Å². The smallest absolute Gasteiger partial charge is 0.136 e. The first kappa shape index (κ1) is 58.7. The molecule has 0 saturated carbocycles. The molecule has 1 heteroatoms. The standard InChI is InChI=1S/C55H36O.C45H32/c1-55(2)53-40(20-11-21-45(53)46-29-26-34-13-4-6-15-39(34)54(46)55)35-22-24-36(25-23-35)50-41-16-7-9-18-43(41)51(44-19-10-8-17-42(44)50)37-28-30-48-47(32-37)52-38-14-5-3-12-33(38)27-31-49(52)56-48;1-45(2)43-33-19-7-6-14-29(33)26-27-40(43)39-25-13-24-34(44(39)45)31-17-12-18-32(28-31)42-37-22-10-8-20-35(37)41(30-15-4-3-5-16-30)36-21-9-11-23-38(36)42/h3-32H,1-2H3;3-28H,1-2H3. The van der Waals surface area contributed by atoms with Gasteiger partial charge in [-0.3, -0.25) is 0 Å². The van der Waals surface area contributed by atoms with E-state index >= 15 is 0 Å². The molecule has 0 bridgehead atoms. The maximum atomic E-state index is 6.41. The number of hydrogen-bond donors (Lipinski definition) is 0. The molecule has 0 atom stereocenters. The van der Waals surface area contributed by atoms with E-state index in [-0.39, 0.29) is 10.8 Å². The molecule has 0 N–H and O–H groups in total. The summed E-state index contributed by atoms with van der Waals surface area (Å²) in [5.74, 6) is 0. The molecular weight excluding hydrogens is 1220 g/mol. The van der Waals surface area contributed by atoms with Crippen LogP contribution in [0.4, 0.5) is 0 Å². The normalized spacial score (nSPS) is 13.3. The summed E-state index contributed by atoms with van der Waals surface area (Å²) in [4.78, 5) is 0. The fourth-order valence-corrected chi connectivity index (χ4v) is 18.4. The predicted octanol–water partition coefficient (Wildman–Crippen LogP) is 28.0. The minimum Gasteiger partial charge on any atom is -0.456 e. The van der Waals surface area contributed by atoms with Crippen LogP contribution in [0.3, 0.4) is 0 Å². The van der Waals surface area contributed by atoms with Crippen molar-refractivity contribution >= 4 is 97.3 Å². The molecule has 2 aliphatic rings. The average Bonchev–Trinajstić information content (AvgIpc) is 1.63. The van der Waals surface area contributed by atoms with Crippen molar-refractivity contribution in [2.75, 3.05) is 0 Å². The van der Waals surface area contributed by atoms with Crippen LogP contribution in [0.15, 0.2) is 344 Å². The van der Waals surface area contributed by atoms with Crippen LogP contribution in [0.25, 0.3) is 186 Å². The van der Waals surface area contributed by atoms with Gasteiger partial charge < -0.3 is 4.42 Å². The molecule has 18 aromatic carbocycles. The lowest BCUT2D eigenvalue weighted by Crippen LogP contribution is -2.16. The molecular formula is C100H68O.